The highest BCUT2D eigenvalue weighted by atomic mass is 19.3. The zero-order valence-corrected chi connectivity index (χ0v) is 10.8. The van der Waals surface area contributed by atoms with Crippen molar-refractivity contribution in [3.63, 3.8) is 0 Å². The first-order valence-corrected chi connectivity index (χ1v) is 5.59. The standard InChI is InChI=1S/C11H12F2N6O/c1-11(12,13)10(20)19-9(16-14)4-3-8(17-19)7-5-15-18(2)6-7/h3-6H,14H2,1-2H3. The van der Waals surface area contributed by atoms with Crippen molar-refractivity contribution in [2.24, 2.45) is 18.0 Å². The fourth-order valence-corrected chi connectivity index (χ4v) is 1.56. The summed E-state index contributed by atoms with van der Waals surface area (Å²) in [6.45, 7) is 0.487. The van der Waals surface area contributed by atoms with Gasteiger partial charge in [0.15, 0.2) is 5.49 Å². The van der Waals surface area contributed by atoms with Gasteiger partial charge in [-0.2, -0.15) is 28.8 Å². The van der Waals surface area contributed by atoms with Crippen LogP contribution in [0.5, 0.6) is 0 Å². The van der Waals surface area contributed by atoms with Crippen LogP contribution in [0.2, 0.25) is 0 Å². The molecule has 2 N–H and O–H groups in total. The second-order valence-electron chi connectivity index (χ2n) is 4.21. The number of nitrogens with zero attached hydrogens (tertiary/aromatic N) is 5. The lowest BCUT2D eigenvalue weighted by Gasteiger charge is -2.11. The van der Waals surface area contributed by atoms with Crippen molar-refractivity contribution < 1.29 is 13.6 Å². The van der Waals surface area contributed by atoms with E-state index in [1.54, 1.807) is 13.2 Å². The number of rotatable bonds is 2. The smallest absolute Gasteiger partial charge is 0.321 e. The van der Waals surface area contributed by atoms with E-state index in [9.17, 15) is 13.6 Å². The Kier molecular flexibility index (Phi) is 3.35. The lowest BCUT2D eigenvalue weighted by molar-refractivity contribution is 0.0104. The quantitative estimate of drug-likeness (QED) is 0.635. The van der Waals surface area contributed by atoms with Gasteiger partial charge in [0.25, 0.3) is 0 Å². The highest BCUT2D eigenvalue weighted by Gasteiger charge is 2.35. The molecule has 0 fully saturated rings. The summed E-state index contributed by atoms with van der Waals surface area (Å²) in [7, 11) is 1.70. The average Bonchev–Trinajstić information content (AvgIpc) is 2.82. The second kappa shape index (κ2) is 4.83. The van der Waals surface area contributed by atoms with E-state index in [0.717, 1.165) is 0 Å². The molecule has 0 radical (unpaired) electrons. The number of aromatic nitrogens is 4. The van der Waals surface area contributed by atoms with E-state index in [0.29, 0.717) is 22.9 Å². The zero-order chi connectivity index (χ0) is 14.9. The Morgan fingerprint density at radius 3 is 2.65 bits per heavy atom. The molecule has 106 valence electrons. The SMILES string of the molecule is Cn1cc(-c2ccc(=NN)n(C(=O)C(C)(F)F)n2)cn1. The Morgan fingerprint density at radius 2 is 2.15 bits per heavy atom. The Balaban J connectivity index is 2.59. The van der Waals surface area contributed by atoms with E-state index < -0.39 is 11.8 Å². The lowest BCUT2D eigenvalue weighted by atomic mass is 10.2. The van der Waals surface area contributed by atoms with Crippen LogP contribution in [0.25, 0.3) is 11.3 Å². The molecule has 2 heterocycles. The number of hydrogen-bond acceptors (Lipinski definition) is 5. The van der Waals surface area contributed by atoms with Crippen LogP contribution in [0.4, 0.5) is 8.78 Å². The fourth-order valence-electron chi connectivity index (χ4n) is 1.56. The highest BCUT2D eigenvalue weighted by Crippen LogP contribution is 2.16. The summed E-state index contributed by atoms with van der Waals surface area (Å²) in [5.74, 6) is -0.0105. The van der Waals surface area contributed by atoms with Crippen molar-refractivity contribution in [1.82, 2.24) is 19.6 Å². The molecule has 0 saturated heterocycles. The number of carbonyl (C=O) groups is 1. The summed E-state index contributed by atoms with van der Waals surface area (Å²) in [4.78, 5) is 11.6. The highest BCUT2D eigenvalue weighted by molar-refractivity contribution is 5.84. The molecule has 2 aromatic rings. The van der Waals surface area contributed by atoms with Crippen molar-refractivity contribution in [2.75, 3.05) is 0 Å². The van der Waals surface area contributed by atoms with E-state index in [-0.39, 0.29) is 5.49 Å². The molecule has 0 aliphatic carbocycles. The Morgan fingerprint density at radius 1 is 1.45 bits per heavy atom. The zero-order valence-electron chi connectivity index (χ0n) is 10.8. The molecule has 0 unspecified atom stereocenters. The molecule has 9 heteroatoms. The van der Waals surface area contributed by atoms with Crippen LogP contribution in [-0.2, 0) is 7.05 Å². The van der Waals surface area contributed by atoms with Gasteiger partial charge in [0, 0.05) is 25.7 Å². The van der Waals surface area contributed by atoms with Gasteiger partial charge in [0.2, 0.25) is 0 Å². The largest absolute Gasteiger partial charge is 0.324 e. The molecule has 0 spiro atoms. The van der Waals surface area contributed by atoms with Crippen LogP contribution < -0.4 is 11.3 Å². The summed E-state index contributed by atoms with van der Waals surface area (Å²) in [6, 6.07) is 2.85. The van der Waals surface area contributed by atoms with Gasteiger partial charge in [-0.15, -0.1) is 0 Å². The van der Waals surface area contributed by atoms with E-state index in [1.807, 2.05) is 0 Å². The van der Waals surface area contributed by atoms with Gasteiger partial charge in [0.05, 0.1) is 11.9 Å². The summed E-state index contributed by atoms with van der Waals surface area (Å²) in [6.07, 6.45) is 3.14. The number of carbonyl (C=O) groups excluding carboxylic acids is 1. The maximum atomic E-state index is 13.1. The molecule has 20 heavy (non-hydrogen) atoms. The summed E-state index contributed by atoms with van der Waals surface area (Å²) in [5, 5.41) is 11.1. The monoisotopic (exact) mass is 282 g/mol. The van der Waals surface area contributed by atoms with Crippen LogP contribution in [0, 0.1) is 0 Å². The summed E-state index contributed by atoms with van der Waals surface area (Å²) in [5.41, 5.74) is 0.726. The minimum Gasteiger partial charge on any atom is -0.321 e. The number of halogens is 2. The van der Waals surface area contributed by atoms with Gasteiger partial charge in [-0.25, -0.2) is 0 Å². The first-order chi connectivity index (χ1) is 9.32. The summed E-state index contributed by atoms with van der Waals surface area (Å²) >= 11 is 0. The van der Waals surface area contributed by atoms with Gasteiger partial charge in [-0.3, -0.25) is 9.48 Å². The van der Waals surface area contributed by atoms with E-state index >= 15 is 0 Å². The molecule has 0 aliphatic heterocycles. The molecular weight excluding hydrogens is 270 g/mol. The molecule has 2 rings (SSSR count). The van der Waals surface area contributed by atoms with Gasteiger partial charge < -0.3 is 5.84 Å². The molecule has 7 nitrogen and oxygen atoms in total. The van der Waals surface area contributed by atoms with Crippen molar-refractivity contribution in [1.29, 1.82) is 0 Å². The van der Waals surface area contributed by atoms with E-state index in [4.69, 9.17) is 5.84 Å². The van der Waals surface area contributed by atoms with Gasteiger partial charge in [-0.05, 0) is 12.1 Å². The number of nitrogens with two attached hydrogens (primary N) is 1. The Bertz CT molecular complexity index is 712. The van der Waals surface area contributed by atoms with Crippen molar-refractivity contribution in [3.8, 4) is 11.3 Å². The van der Waals surface area contributed by atoms with Gasteiger partial charge in [0.1, 0.15) is 0 Å². The van der Waals surface area contributed by atoms with Crippen LogP contribution in [-0.4, -0.2) is 31.4 Å². The van der Waals surface area contributed by atoms with Crippen molar-refractivity contribution in [2.45, 2.75) is 12.8 Å². The topological polar surface area (TPSA) is 91.1 Å². The molecule has 2 aromatic heterocycles. The van der Waals surface area contributed by atoms with Crippen LogP contribution >= 0.6 is 0 Å². The van der Waals surface area contributed by atoms with Crippen LogP contribution in [0.1, 0.15) is 11.7 Å². The minimum atomic E-state index is -3.58. The first kappa shape index (κ1) is 13.8. The molecule has 0 saturated carbocycles. The molecule has 0 bridgehead atoms. The predicted octanol–water partition coefficient (Wildman–Crippen LogP) is 0.353. The maximum absolute atomic E-state index is 13.1. The molecular formula is C11H12F2N6O. The molecule has 0 amide bonds. The molecule has 0 aromatic carbocycles. The van der Waals surface area contributed by atoms with Crippen molar-refractivity contribution in [3.05, 3.63) is 30.0 Å². The number of hydrogen-bond donors (Lipinski definition) is 1. The number of alkyl halides is 2. The summed E-state index contributed by atoms with van der Waals surface area (Å²) < 4.78 is 28.3. The lowest BCUT2D eigenvalue weighted by Crippen LogP contribution is -2.40. The van der Waals surface area contributed by atoms with Gasteiger partial charge in [-0.1, -0.05) is 0 Å². The first-order valence-electron chi connectivity index (χ1n) is 5.59. The van der Waals surface area contributed by atoms with Crippen molar-refractivity contribution >= 4 is 5.91 Å². The Labute approximate surface area is 112 Å². The normalized spacial score (nSPS) is 12.7. The van der Waals surface area contributed by atoms with E-state index in [1.165, 1.54) is 23.0 Å². The average molecular weight is 282 g/mol. The molecule has 0 atom stereocenters. The Hall–Kier alpha value is -2.58. The third kappa shape index (κ3) is 2.56. The predicted molar refractivity (Wildman–Crippen MR) is 65.4 cm³/mol. The second-order valence-corrected chi connectivity index (χ2v) is 4.21. The van der Waals surface area contributed by atoms with Crippen LogP contribution in [0.3, 0.4) is 0 Å². The third-order valence-electron chi connectivity index (χ3n) is 2.52. The third-order valence-corrected chi connectivity index (χ3v) is 2.52. The fraction of sp³-hybridized carbons (Fsp3) is 0.273. The van der Waals surface area contributed by atoms with E-state index in [2.05, 4.69) is 15.3 Å². The van der Waals surface area contributed by atoms with Crippen LogP contribution in [0.15, 0.2) is 29.6 Å². The maximum Gasteiger partial charge on any atom is 0.324 e. The van der Waals surface area contributed by atoms with Gasteiger partial charge >= 0.3 is 11.8 Å². The number of aryl methyl sites for hydroxylation is 1. The minimum absolute atomic E-state index is 0.163. The molecule has 0 aliphatic rings.